The van der Waals surface area contributed by atoms with Gasteiger partial charge in [0, 0.05) is 10.8 Å². The van der Waals surface area contributed by atoms with Gasteiger partial charge in [0.2, 0.25) is 0 Å². The summed E-state index contributed by atoms with van der Waals surface area (Å²) in [4.78, 5) is 0. The van der Waals surface area contributed by atoms with Gasteiger partial charge in [0.25, 0.3) is 0 Å². The lowest BCUT2D eigenvalue weighted by Crippen LogP contribution is -1.65. The van der Waals surface area contributed by atoms with E-state index in [0.717, 1.165) is 5.57 Å². The van der Waals surface area contributed by atoms with Crippen molar-refractivity contribution in [3.05, 3.63) is 22.5 Å². The van der Waals surface area contributed by atoms with E-state index in [1.165, 1.54) is 0 Å². The van der Waals surface area contributed by atoms with Crippen LogP contribution in [0.5, 0.6) is 0 Å². The van der Waals surface area contributed by atoms with Gasteiger partial charge < -0.3 is 0 Å². The molecular formula is C5H6OS. The Morgan fingerprint density at radius 1 is 1.71 bits per heavy atom. The maximum absolute atomic E-state index is 10.4. The van der Waals surface area contributed by atoms with E-state index < -0.39 is 10.8 Å². The normalized spacial score (nSPS) is 28.1. The van der Waals surface area contributed by atoms with Crippen molar-refractivity contribution in [2.75, 3.05) is 0 Å². The molecule has 0 aromatic carbocycles. The van der Waals surface area contributed by atoms with E-state index in [0.29, 0.717) is 0 Å². The quantitative estimate of drug-likeness (QED) is 0.462. The molecule has 1 aliphatic heterocycles. The Hall–Kier alpha value is -0.370. The second-order valence-electron chi connectivity index (χ2n) is 1.49. The molecule has 0 saturated carbocycles. The summed E-state index contributed by atoms with van der Waals surface area (Å²) in [5, 5.41) is 3.40. The average Bonchev–Trinajstić information content (AvgIpc) is 1.87. The molecule has 1 unspecified atom stereocenters. The summed E-state index contributed by atoms with van der Waals surface area (Å²) in [6, 6.07) is 0. The summed E-state index contributed by atoms with van der Waals surface area (Å²) < 4.78 is 10.4. The van der Waals surface area contributed by atoms with Crippen LogP contribution in [0.4, 0.5) is 0 Å². The first-order valence-corrected chi connectivity index (χ1v) is 3.32. The van der Waals surface area contributed by atoms with E-state index in [9.17, 15) is 4.21 Å². The highest BCUT2D eigenvalue weighted by molar-refractivity contribution is 7.91. The lowest BCUT2D eigenvalue weighted by molar-refractivity contribution is 0.693. The molecule has 1 aliphatic rings. The van der Waals surface area contributed by atoms with Crippen molar-refractivity contribution < 1.29 is 4.21 Å². The highest BCUT2D eigenvalue weighted by Crippen LogP contribution is 2.06. The third-order valence-corrected chi connectivity index (χ3v) is 1.78. The van der Waals surface area contributed by atoms with E-state index >= 15 is 0 Å². The van der Waals surface area contributed by atoms with Crippen LogP contribution in [0.2, 0.25) is 0 Å². The van der Waals surface area contributed by atoms with Gasteiger partial charge in [-0.25, -0.2) is 0 Å². The molecule has 0 aliphatic carbocycles. The summed E-state index contributed by atoms with van der Waals surface area (Å²) in [7, 11) is -0.796. The maximum Gasteiger partial charge on any atom is 0.0705 e. The van der Waals surface area contributed by atoms with Crippen LogP contribution >= 0.6 is 0 Å². The van der Waals surface area contributed by atoms with Crippen LogP contribution in [0.1, 0.15) is 6.92 Å². The lowest BCUT2D eigenvalue weighted by Gasteiger charge is -1.72. The third-order valence-electron chi connectivity index (χ3n) is 0.767. The molecule has 0 N–H and O–H groups in total. The molecule has 1 nitrogen and oxygen atoms in total. The van der Waals surface area contributed by atoms with Crippen molar-refractivity contribution in [3.8, 4) is 0 Å². The van der Waals surface area contributed by atoms with Crippen LogP contribution in [0.25, 0.3) is 0 Å². The zero-order chi connectivity index (χ0) is 5.28. The SMILES string of the molecule is CC1=CS(=O)C=C1. The van der Waals surface area contributed by atoms with Crippen LogP contribution in [-0.4, -0.2) is 4.21 Å². The molecule has 0 aromatic rings. The van der Waals surface area contributed by atoms with Crippen molar-refractivity contribution >= 4 is 10.8 Å². The molecule has 2 heteroatoms. The van der Waals surface area contributed by atoms with Gasteiger partial charge in [0.05, 0.1) is 10.8 Å². The third kappa shape index (κ3) is 0.996. The Kier molecular flexibility index (Phi) is 1.11. The molecule has 38 valence electrons. The van der Waals surface area contributed by atoms with Gasteiger partial charge in [0.1, 0.15) is 0 Å². The van der Waals surface area contributed by atoms with Crippen molar-refractivity contribution in [2.24, 2.45) is 0 Å². The fourth-order valence-corrected chi connectivity index (χ4v) is 1.31. The molecule has 1 rings (SSSR count). The van der Waals surface area contributed by atoms with Crippen LogP contribution in [-0.2, 0) is 10.8 Å². The first-order chi connectivity index (χ1) is 3.29. The molecule has 0 radical (unpaired) electrons. The van der Waals surface area contributed by atoms with Crippen LogP contribution in [0.3, 0.4) is 0 Å². The zero-order valence-electron chi connectivity index (χ0n) is 4.05. The monoisotopic (exact) mass is 114 g/mol. The summed E-state index contributed by atoms with van der Waals surface area (Å²) >= 11 is 0. The molecule has 1 atom stereocenters. The maximum atomic E-state index is 10.4. The largest absolute Gasteiger partial charge is 0.250 e. The summed E-state index contributed by atoms with van der Waals surface area (Å²) in [6.07, 6.45) is 1.86. The number of hydrogen-bond acceptors (Lipinski definition) is 1. The summed E-state index contributed by atoms with van der Waals surface area (Å²) in [6.45, 7) is 1.93. The van der Waals surface area contributed by atoms with Crippen LogP contribution < -0.4 is 0 Å². The van der Waals surface area contributed by atoms with Crippen molar-refractivity contribution in [3.63, 3.8) is 0 Å². The minimum atomic E-state index is -0.796. The molecule has 0 spiro atoms. The zero-order valence-corrected chi connectivity index (χ0v) is 4.87. The Labute approximate surface area is 45.2 Å². The second kappa shape index (κ2) is 1.62. The molecule has 0 saturated heterocycles. The Morgan fingerprint density at radius 3 is 2.57 bits per heavy atom. The van der Waals surface area contributed by atoms with Crippen molar-refractivity contribution in [1.29, 1.82) is 0 Å². The number of hydrogen-bond donors (Lipinski definition) is 0. The minimum Gasteiger partial charge on any atom is -0.250 e. The fourth-order valence-electron chi connectivity index (χ4n) is 0.436. The van der Waals surface area contributed by atoms with Crippen LogP contribution in [0, 0.1) is 0 Å². The average molecular weight is 114 g/mol. The highest BCUT2D eigenvalue weighted by atomic mass is 32.2. The standard InChI is InChI=1S/C5H6OS/c1-5-2-3-7(6)4-5/h2-4H,1H3. The molecule has 0 amide bonds. The van der Waals surface area contributed by atoms with Gasteiger partial charge in [-0.2, -0.15) is 0 Å². The topological polar surface area (TPSA) is 17.1 Å². The first-order valence-electron chi connectivity index (χ1n) is 2.05. The first kappa shape index (κ1) is 4.78. The van der Waals surface area contributed by atoms with Gasteiger partial charge >= 0.3 is 0 Å². The molecule has 0 aromatic heterocycles. The highest BCUT2D eigenvalue weighted by Gasteiger charge is 1.94. The molecule has 7 heavy (non-hydrogen) atoms. The lowest BCUT2D eigenvalue weighted by atomic mass is 10.4. The van der Waals surface area contributed by atoms with Gasteiger partial charge in [-0.1, -0.05) is 0 Å². The van der Waals surface area contributed by atoms with Crippen molar-refractivity contribution in [2.45, 2.75) is 6.92 Å². The minimum absolute atomic E-state index is 0.796. The van der Waals surface area contributed by atoms with E-state index in [1.54, 1.807) is 10.8 Å². The van der Waals surface area contributed by atoms with Crippen LogP contribution in [0.15, 0.2) is 22.5 Å². The predicted octanol–water partition coefficient (Wildman–Crippen LogP) is 1.17. The Bertz CT molecular complexity index is 155. The van der Waals surface area contributed by atoms with Gasteiger partial charge in [-0.15, -0.1) is 0 Å². The predicted molar refractivity (Wildman–Crippen MR) is 31.0 cm³/mol. The number of allylic oxidation sites excluding steroid dienone is 2. The van der Waals surface area contributed by atoms with Gasteiger partial charge in [-0.3, -0.25) is 4.21 Å². The second-order valence-corrected chi connectivity index (χ2v) is 2.66. The summed E-state index contributed by atoms with van der Waals surface area (Å²) in [5.74, 6) is 0. The Balaban J connectivity index is 2.88. The van der Waals surface area contributed by atoms with Crippen molar-refractivity contribution in [1.82, 2.24) is 0 Å². The Morgan fingerprint density at radius 2 is 2.43 bits per heavy atom. The molecule has 0 bridgehead atoms. The molecule has 1 heterocycles. The fraction of sp³-hybridized carbons (Fsp3) is 0.200. The van der Waals surface area contributed by atoms with Gasteiger partial charge in [-0.05, 0) is 18.6 Å². The van der Waals surface area contributed by atoms with E-state index in [1.807, 2.05) is 13.0 Å². The van der Waals surface area contributed by atoms with Gasteiger partial charge in [0.15, 0.2) is 0 Å². The van der Waals surface area contributed by atoms with E-state index in [-0.39, 0.29) is 0 Å². The molecule has 0 fully saturated rings. The summed E-state index contributed by atoms with van der Waals surface area (Å²) in [5.41, 5.74) is 1.10. The van der Waals surface area contributed by atoms with E-state index in [2.05, 4.69) is 0 Å². The number of rotatable bonds is 0. The smallest absolute Gasteiger partial charge is 0.0705 e. The van der Waals surface area contributed by atoms with E-state index in [4.69, 9.17) is 0 Å². The molecular weight excluding hydrogens is 108 g/mol.